The Morgan fingerprint density at radius 2 is 0.824 bits per heavy atom. The molecule has 0 aromatic heterocycles. The van der Waals surface area contributed by atoms with Crippen molar-refractivity contribution in [1.82, 2.24) is 0 Å². The molecule has 0 saturated heterocycles. The molecule has 0 amide bonds. The van der Waals surface area contributed by atoms with Crippen molar-refractivity contribution >= 4 is 16.6 Å². The van der Waals surface area contributed by atoms with E-state index in [1.54, 1.807) is 0 Å². The summed E-state index contributed by atoms with van der Waals surface area (Å²) >= 11 is 0. The summed E-state index contributed by atoms with van der Waals surface area (Å²) in [5.74, 6) is 0. The minimum absolute atomic E-state index is 1.07. The number of hydrogen-bond acceptors (Lipinski definition) is 1. The second-order valence-electron chi connectivity index (χ2n) is 7.57. The lowest BCUT2D eigenvalue weighted by molar-refractivity contribution is 0.509. The van der Waals surface area contributed by atoms with E-state index in [0.29, 0.717) is 0 Å². The van der Waals surface area contributed by atoms with Gasteiger partial charge in [0.2, 0.25) is 0 Å². The molecule has 0 aromatic rings. The zero-order valence-corrected chi connectivity index (χ0v) is 13.4. The van der Waals surface area contributed by atoms with Crippen LogP contribution in [-0.2, 0) is 4.12 Å². The molecule has 0 aromatic carbocycles. The van der Waals surface area contributed by atoms with Gasteiger partial charge in [0.05, 0.1) is 0 Å². The molecule has 17 heavy (non-hydrogen) atoms. The van der Waals surface area contributed by atoms with Crippen molar-refractivity contribution < 1.29 is 4.12 Å². The molecular formula is C14H26OSi2. The Morgan fingerprint density at radius 1 is 0.588 bits per heavy atom. The first kappa shape index (κ1) is 11.2. The van der Waals surface area contributed by atoms with Crippen LogP contribution in [-0.4, -0.2) is 16.6 Å². The third-order valence-corrected chi connectivity index (χ3v) is 18.3. The summed E-state index contributed by atoms with van der Waals surface area (Å²) in [6.45, 7) is 5.25. The van der Waals surface area contributed by atoms with Crippen LogP contribution in [0.2, 0.25) is 35.3 Å². The van der Waals surface area contributed by atoms with Crippen molar-refractivity contribution in [1.29, 1.82) is 0 Å². The Balaban J connectivity index is 1.56. The van der Waals surface area contributed by atoms with Crippen LogP contribution >= 0.6 is 0 Å². The molecule has 0 heterocycles. The molecule has 4 fully saturated rings. The van der Waals surface area contributed by atoms with Crippen molar-refractivity contribution in [3.05, 3.63) is 0 Å². The van der Waals surface area contributed by atoms with Crippen LogP contribution < -0.4 is 0 Å². The lowest BCUT2D eigenvalue weighted by atomic mass is 10.9. The van der Waals surface area contributed by atoms with Crippen molar-refractivity contribution in [3.8, 4) is 0 Å². The molecule has 0 atom stereocenters. The summed E-state index contributed by atoms with van der Waals surface area (Å²) in [6, 6.07) is 0. The lowest BCUT2D eigenvalue weighted by Gasteiger charge is -2.40. The number of rotatable bonds is 6. The van der Waals surface area contributed by atoms with Gasteiger partial charge in [-0.15, -0.1) is 0 Å². The van der Waals surface area contributed by atoms with Crippen LogP contribution in [0.3, 0.4) is 0 Å². The maximum Gasteiger partial charge on any atom is 0.182 e. The van der Waals surface area contributed by atoms with Gasteiger partial charge in [-0.3, -0.25) is 0 Å². The predicted octanol–water partition coefficient (Wildman–Crippen LogP) is 4.81. The summed E-state index contributed by atoms with van der Waals surface area (Å²) in [5.41, 5.74) is 4.28. The van der Waals surface area contributed by atoms with Crippen LogP contribution in [0, 0.1) is 0 Å². The molecule has 0 unspecified atom stereocenters. The summed E-state index contributed by atoms with van der Waals surface area (Å²) in [6.07, 6.45) is 12.1. The molecule has 4 rings (SSSR count). The van der Waals surface area contributed by atoms with Gasteiger partial charge in [0, 0.05) is 0 Å². The average molecular weight is 267 g/mol. The molecular weight excluding hydrogens is 240 g/mol. The Bertz CT molecular complexity index is 271. The van der Waals surface area contributed by atoms with Gasteiger partial charge in [-0.05, 0) is 35.3 Å². The monoisotopic (exact) mass is 266 g/mol. The molecule has 0 N–H and O–H groups in total. The summed E-state index contributed by atoms with van der Waals surface area (Å²) in [4.78, 5) is 0. The molecule has 96 valence electrons. The Morgan fingerprint density at radius 3 is 1.00 bits per heavy atom. The molecule has 4 saturated carbocycles. The van der Waals surface area contributed by atoms with Gasteiger partial charge in [0.25, 0.3) is 0 Å². The molecule has 4 aliphatic carbocycles. The first-order valence-corrected chi connectivity index (χ1v) is 13.0. The summed E-state index contributed by atoms with van der Waals surface area (Å²) in [7, 11) is -2.60. The SMILES string of the molecule is C[Si](O[Si](C)(C1CC1)C1CC1)(C1CC1)C1CC1. The summed E-state index contributed by atoms with van der Waals surface area (Å²) < 4.78 is 7.20. The fraction of sp³-hybridized carbons (Fsp3) is 1.00. The Labute approximate surface area is 108 Å². The summed E-state index contributed by atoms with van der Waals surface area (Å²) in [5, 5.41) is 0. The van der Waals surface area contributed by atoms with E-state index in [1.807, 2.05) is 0 Å². The fourth-order valence-corrected chi connectivity index (χ4v) is 17.1. The van der Waals surface area contributed by atoms with E-state index < -0.39 is 16.6 Å². The Kier molecular flexibility index (Phi) is 2.30. The van der Waals surface area contributed by atoms with Gasteiger partial charge in [-0.1, -0.05) is 51.4 Å². The zero-order chi connectivity index (χ0) is 11.7. The highest BCUT2D eigenvalue weighted by Gasteiger charge is 2.62. The minimum Gasteiger partial charge on any atom is -0.454 e. The molecule has 3 heteroatoms. The zero-order valence-electron chi connectivity index (χ0n) is 11.4. The van der Waals surface area contributed by atoms with Crippen LogP contribution in [0.25, 0.3) is 0 Å². The van der Waals surface area contributed by atoms with E-state index in [-0.39, 0.29) is 0 Å². The molecule has 0 radical (unpaired) electrons. The fourth-order valence-electron chi connectivity index (χ4n) is 4.10. The first-order chi connectivity index (χ1) is 8.13. The van der Waals surface area contributed by atoms with Gasteiger partial charge in [0.1, 0.15) is 0 Å². The quantitative estimate of drug-likeness (QED) is 0.627. The van der Waals surface area contributed by atoms with Crippen LogP contribution in [0.5, 0.6) is 0 Å². The van der Waals surface area contributed by atoms with Crippen molar-refractivity contribution in [2.45, 2.75) is 86.6 Å². The molecule has 1 nitrogen and oxygen atoms in total. The highest BCUT2D eigenvalue weighted by atomic mass is 28.4. The van der Waals surface area contributed by atoms with E-state index >= 15 is 0 Å². The van der Waals surface area contributed by atoms with E-state index in [2.05, 4.69) is 13.1 Å². The van der Waals surface area contributed by atoms with Gasteiger partial charge in [-0.25, -0.2) is 0 Å². The van der Waals surface area contributed by atoms with Gasteiger partial charge < -0.3 is 4.12 Å². The van der Waals surface area contributed by atoms with Crippen molar-refractivity contribution in [3.63, 3.8) is 0 Å². The second-order valence-corrected chi connectivity index (χ2v) is 16.4. The number of hydrogen-bond donors (Lipinski definition) is 0. The highest BCUT2D eigenvalue weighted by molar-refractivity contribution is 6.90. The Hall–Kier alpha value is 0.394. The highest BCUT2D eigenvalue weighted by Crippen LogP contribution is 2.65. The minimum atomic E-state index is -1.30. The lowest BCUT2D eigenvalue weighted by Crippen LogP contribution is -2.50. The van der Waals surface area contributed by atoms with Crippen molar-refractivity contribution in [2.24, 2.45) is 0 Å². The van der Waals surface area contributed by atoms with Gasteiger partial charge >= 0.3 is 0 Å². The van der Waals surface area contributed by atoms with Crippen LogP contribution in [0.15, 0.2) is 0 Å². The van der Waals surface area contributed by atoms with Gasteiger partial charge in [-0.2, -0.15) is 0 Å². The normalized spacial score (nSPS) is 30.7. The standard InChI is InChI=1S/C14H26OSi2/c1-16(11-3-4-11,12-5-6-12)15-17(2,13-7-8-13)14-9-10-14/h11-14H,3-10H2,1-2H3. The van der Waals surface area contributed by atoms with E-state index in [9.17, 15) is 0 Å². The largest absolute Gasteiger partial charge is 0.454 e. The van der Waals surface area contributed by atoms with Crippen LogP contribution in [0.1, 0.15) is 51.4 Å². The topological polar surface area (TPSA) is 9.23 Å². The predicted molar refractivity (Wildman–Crippen MR) is 76.3 cm³/mol. The molecule has 0 aliphatic heterocycles. The van der Waals surface area contributed by atoms with Crippen LogP contribution in [0.4, 0.5) is 0 Å². The second kappa shape index (κ2) is 3.48. The van der Waals surface area contributed by atoms with Gasteiger partial charge in [0.15, 0.2) is 16.6 Å². The maximum atomic E-state index is 7.20. The third-order valence-electron chi connectivity index (χ3n) is 5.99. The molecule has 0 bridgehead atoms. The molecule has 4 aliphatic rings. The van der Waals surface area contributed by atoms with E-state index in [4.69, 9.17) is 4.12 Å². The smallest absolute Gasteiger partial charge is 0.182 e. The van der Waals surface area contributed by atoms with E-state index in [1.165, 1.54) is 51.4 Å². The third kappa shape index (κ3) is 1.89. The maximum absolute atomic E-state index is 7.20. The van der Waals surface area contributed by atoms with E-state index in [0.717, 1.165) is 22.2 Å². The average Bonchev–Trinajstić information content (AvgIpc) is 3.17. The first-order valence-electron chi connectivity index (χ1n) is 7.83. The molecule has 0 spiro atoms. The van der Waals surface area contributed by atoms with Crippen molar-refractivity contribution in [2.75, 3.05) is 0 Å².